The van der Waals surface area contributed by atoms with Gasteiger partial charge in [-0.05, 0) is 85.9 Å². The second-order valence-electron chi connectivity index (χ2n) is 10.3. The highest BCUT2D eigenvalue weighted by Gasteiger charge is 2.66. The van der Waals surface area contributed by atoms with Crippen LogP contribution in [0.3, 0.4) is 0 Å². The summed E-state index contributed by atoms with van der Waals surface area (Å²) in [6, 6.07) is 0. The average molecular weight is 387 g/mol. The van der Waals surface area contributed by atoms with Gasteiger partial charge in [0.1, 0.15) is 0 Å². The van der Waals surface area contributed by atoms with Crippen molar-refractivity contribution < 1.29 is 5.11 Å². The van der Waals surface area contributed by atoms with Gasteiger partial charge in [-0.2, -0.15) is 0 Å². The second-order valence-corrected chi connectivity index (χ2v) is 11.5. The molecular formula is C22H36Cl2O. The maximum absolute atomic E-state index is 10.4. The molecule has 0 bridgehead atoms. The van der Waals surface area contributed by atoms with E-state index in [4.69, 9.17) is 23.2 Å². The number of halogens is 2. The van der Waals surface area contributed by atoms with Crippen LogP contribution in [0.2, 0.25) is 0 Å². The van der Waals surface area contributed by atoms with Gasteiger partial charge in [0.25, 0.3) is 0 Å². The van der Waals surface area contributed by atoms with E-state index in [2.05, 4.69) is 20.8 Å². The van der Waals surface area contributed by atoms with Gasteiger partial charge in [-0.1, -0.05) is 33.6 Å². The fraction of sp³-hybridized carbons (Fsp3) is 1.00. The zero-order valence-electron chi connectivity index (χ0n) is 16.2. The number of rotatable bonds is 1. The van der Waals surface area contributed by atoms with Crippen LogP contribution in [-0.4, -0.2) is 21.5 Å². The molecule has 4 aliphatic rings. The first-order valence-electron chi connectivity index (χ1n) is 10.8. The van der Waals surface area contributed by atoms with Crippen LogP contribution < -0.4 is 0 Å². The minimum absolute atomic E-state index is 0.00352. The molecule has 9 unspecified atom stereocenters. The summed E-state index contributed by atoms with van der Waals surface area (Å²) in [5, 5.41) is 10.4. The number of hydrogen-bond donors (Lipinski definition) is 1. The van der Waals surface area contributed by atoms with E-state index < -0.39 is 4.87 Å². The molecule has 0 heterocycles. The van der Waals surface area contributed by atoms with Gasteiger partial charge >= 0.3 is 0 Å². The molecule has 25 heavy (non-hydrogen) atoms. The van der Waals surface area contributed by atoms with Crippen molar-refractivity contribution in [2.45, 2.75) is 101 Å². The summed E-state index contributed by atoms with van der Waals surface area (Å²) >= 11 is 14.4. The van der Waals surface area contributed by atoms with Crippen molar-refractivity contribution in [1.82, 2.24) is 0 Å². The van der Waals surface area contributed by atoms with Crippen LogP contribution in [-0.2, 0) is 0 Å². The minimum Gasteiger partial charge on any atom is -0.393 e. The summed E-state index contributed by atoms with van der Waals surface area (Å²) in [5.74, 6) is 3.17. The molecule has 0 aliphatic heterocycles. The molecule has 0 saturated heterocycles. The number of fused-ring (bicyclic) bond motifs is 5. The third-order valence-electron chi connectivity index (χ3n) is 9.64. The monoisotopic (exact) mass is 386 g/mol. The van der Waals surface area contributed by atoms with Crippen molar-refractivity contribution in [2.75, 3.05) is 0 Å². The minimum atomic E-state index is -0.428. The van der Waals surface area contributed by atoms with Crippen LogP contribution in [0.15, 0.2) is 0 Å². The molecule has 4 fully saturated rings. The molecule has 4 rings (SSSR count). The summed E-state index contributed by atoms with van der Waals surface area (Å²) < 4.78 is 0. The first-order valence-corrected chi connectivity index (χ1v) is 11.6. The van der Waals surface area contributed by atoms with Crippen LogP contribution in [0, 0.1) is 34.5 Å². The smallest absolute Gasteiger partial charge is 0.0690 e. The lowest BCUT2D eigenvalue weighted by molar-refractivity contribution is -0.0903. The molecule has 4 aliphatic carbocycles. The summed E-state index contributed by atoms with van der Waals surface area (Å²) in [5.41, 5.74) is 0.604. The molecule has 9 atom stereocenters. The highest BCUT2D eigenvalue weighted by atomic mass is 35.5. The number of aliphatic hydroxyl groups is 1. The quantitative estimate of drug-likeness (QED) is 0.517. The molecular weight excluding hydrogens is 351 g/mol. The lowest BCUT2D eigenvalue weighted by Gasteiger charge is -2.63. The lowest BCUT2D eigenvalue weighted by atomic mass is 9.45. The highest BCUT2D eigenvalue weighted by Crippen LogP contribution is 2.70. The van der Waals surface area contributed by atoms with Crippen molar-refractivity contribution in [3.8, 4) is 0 Å². The van der Waals surface area contributed by atoms with Crippen LogP contribution in [0.25, 0.3) is 0 Å². The molecule has 0 aromatic heterocycles. The summed E-state index contributed by atoms with van der Waals surface area (Å²) in [6.45, 7) is 7.40. The number of hydrogen-bond acceptors (Lipinski definition) is 1. The number of alkyl halides is 2. The predicted molar refractivity (Wildman–Crippen MR) is 106 cm³/mol. The van der Waals surface area contributed by atoms with Gasteiger partial charge in [0.15, 0.2) is 0 Å². The Bertz CT molecular complexity index is 524. The summed E-state index contributed by atoms with van der Waals surface area (Å²) in [7, 11) is 0. The Morgan fingerprint density at radius 3 is 2.52 bits per heavy atom. The molecule has 0 spiro atoms. The topological polar surface area (TPSA) is 20.2 Å². The van der Waals surface area contributed by atoms with E-state index in [1.54, 1.807) is 0 Å². The van der Waals surface area contributed by atoms with Gasteiger partial charge in [-0.15, -0.1) is 23.2 Å². The molecule has 144 valence electrons. The van der Waals surface area contributed by atoms with Gasteiger partial charge < -0.3 is 5.11 Å². The standard InChI is InChI=1S/C22H36Cl2O/c1-4-14-7-8-17-16-12-19(23)22(24)13-15(25)6-5-10-21(22,3)18(16)9-11-20(14,17)2/h14-19,25H,4-13H2,1-3H3. The van der Waals surface area contributed by atoms with E-state index in [0.29, 0.717) is 17.8 Å². The maximum Gasteiger partial charge on any atom is 0.0690 e. The van der Waals surface area contributed by atoms with Gasteiger partial charge in [-0.3, -0.25) is 0 Å². The van der Waals surface area contributed by atoms with E-state index in [1.807, 2.05) is 0 Å². The molecule has 1 N–H and O–H groups in total. The molecule has 0 radical (unpaired) electrons. The largest absolute Gasteiger partial charge is 0.393 e. The van der Waals surface area contributed by atoms with Gasteiger partial charge in [0.05, 0.1) is 16.4 Å². The third kappa shape index (κ3) is 2.51. The second kappa shape index (κ2) is 6.28. The lowest BCUT2D eigenvalue weighted by Crippen LogP contribution is -2.62. The van der Waals surface area contributed by atoms with Crippen molar-refractivity contribution in [3.63, 3.8) is 0 Å². The summed E-state index contributed by atoms with van der Waals surface area (Å²) in [6.07, 6.45) is 11.4. The first kappa shape index (κ1) is 18.9. The molecule has 3 heteroatoms. The van der Waals surface area contributed by atoms with E-state index in [-0.39, 0.29) is 16.9 Å². The zero-order valence-corrected chi connectivity index (χ0v) is 17.8. The normalized spacial score (nSPS) is 58.8. The summed E-state index contributed by atoms with van der Waals surface area (Å²) in [4.78, 5) is -0.428. The van der Waals surface area contributed by atoms with Crippen molar-refractivity contribution in [3.05, 3.63) is 0 Å². The third-order valence-corrected chi connectivity index (χ3v) is 11.1. The fourth-order valence-electron chi connectivity index (χ4n) is 8.18. The van der Waals surface area contributed by atoms with Crippen LogP contribution >= 0.6 is 23.2 Å². The highest BCUT2D eigenvalue weighted by molar-refractivity contribution is 6.33. The zero-order chi connectivity index (χ0) is 18.0. The van der Waals surface area contributed by atoms with Gasteiger partial charge in [-0.25, -0.2) is 0 Å². The Morgan fingerprint density at radius 1 is 1.04 bits per heavy atom. The van der Waals surface area contributed by atoms with E-state index >= 15 is 0 Å². The molecule has 1 nitrogen and oxygen atoms in total. The molecule has 4 saturated carbocycles. The first-order chi connectivity index (χ1) is 11.8. The van der Waals surface area contributed by atoms with Crippen molar-refractivity contribution >= 4 is 23.2 Å². The SMILES string of the molecule is CCC1CCC2C3CC(Cl)C4(Cl)CC(O)CCCC4(C)C3CCC12C. The van der Waals surface area contributed by atoms with Gasteiger partial charge in [0.2, 0.25) is 0 Å². The van der Waals surface area contributed by atoms with E-state index in [1.165, 1.54) is 32.1 Å². The van der Waals surface area contributed by atoms with Crippen LogP contribution in [0.5, 0.6) is 0 Å². The maximum atomic E-state index is 10.4. The number of aliphatic hydroxyl groups excluding tert-OH is 1. The Kier molecular flexibility index (Phi) is 4.74. The van der Waals surface area contributed by atoms with Crippen LogP contribution in [0.1, 0.15) is 85.0 Å². The molecule has 0 amide bonds. The van der Waals surface area contributed by atoms with E-state index in [9.17, 15) is 5.11 Å². The van der Waals surface area contributed by atoms with Crippen molar-refractivity contribution in [1.29, 1.82) is 0 Å². The van der Waals surface area contributed by atoms with Crippen molar-refractivity contribution in [2.24, 2.45) is 34.5 Å². The van der Waals surface area contributed by atoms with E-state index in [0.717, 1.165) is 43.4 Å². The molecule has 0 aromatic rings. The van der Waals surface area contributed by atoms with Gasteiger partial charge in [0, 0.05) is 0 Å². The Labute approximate surface area is 164 Å². The fourth-order valence-corrected chi connectivity index (χ4v) is 9.23. The average Bonchev–Trinajstić information content (AvgIpc) is 2.83. The Balaban J connectivity index is 1.70. The predicted octanol–water partition coefficient (Wildman–Crippen LogP) is 6.39. The molecule has 0 aromatic carbocycles. The Morgan fingerprint density at radius 2 is 1.80 bits per heavy atom. The van der Waals surface area contributed by atoms with Crippen LogP contribution in [0.4, 0.5) is 0 Å². The Hall–Kier alpha value is 0.540.